The fourth-order valence-electron chi connectivity index (χ4n) is 3.86. The summed E-state index contributed by atoms with van der Waals surface area (Å²) in [4.78, 5) is 22.9. The van der Waals surface area contributed by atoms with Crippen LogP contribution in [0.5, 0.6) is 5.88 Å². The molecular formula is C24H31FN6O4. The van der Waals surface area contributed by atoms with Crippen LogP contribution in [-0.2, 0) is 4.74 Å². The molecule has 1 aliphatic heterocycles. The molecule has 35 heavy (non-hydrogen) atoms. The van der Waals surface area contributed by atoms with Crippen LogP contribution in [0.1, 0.15) is 40.0 Å². The van der Waals surface area contributed by atoms with Crippen molar-refractivity contribution in [1.29, 1.82) is 0 Å². The monoisotopic (exact) mass is 486 g/mol. The summed E-state index contributed by atoms with van der Waals surface area (Å²) in [5, 5.41) is 16.5. The number of likely N-dealkylation sites (tertiary alicyclic amines) is 1. The molecule has 0 spiro atoms. The number of aliphatic hydroxyl groups excluding tert-OH is 1. The minimum absolute atomic E-state index is 0.0136. The zero-order valence-electron chi connectivity index (χ0n) is 20.2. The summed E-state index contributed by atoms with van der Waals surface area (Å²) in [7, 11) is 0. The number of rotatable bonds is 7. The molecule has 11 heteroatoms. The molecule has 1 amide bonds. The molecule has 1 saturated heterocycles. The summed E-state index contributed by atoms with van der Waals surface area (Å²) in [5.74, 6) is -0.687. The zero-order valence-corrected chi connectivity index (χ0v) is 20.2. The van der Waals surface area contributed by atoms with Crippen molar-refractivity contribution in [2.24, 2.45) is 0 Å². The minimum Gasteiger partial charge on any atom is -0.475 e. The van der Waals surface area contributed by atoms with Gasteiger partial charge in [0.05, 0.1) is 23.9 Å². The van der Waals surface area contributed by atoms with E-state index in [0.717, 1.165) is 18.4 Å². The maximum Gasteiger partial charge on any atom is 0.410 e. The first kappa shape index (κ1) is 24.6. The Kier molecular flexibility index (Phi) is 7.34. The van der Waals surface area contributed by atoms with Crippen LogP contribution in [0.4, 0.5) is 15.0 Å². The highest BCUT2D eigenvalue weighted by atomic mass is 19.1. The molecule has 188 valence electrons. The maximum atomic E-state index is 15.4. The number of hydrogen-bond acceptors (Lipinski definition) is 8. The lowest BCUT2D eigenvalue weighted by Crippen LogP contribution is -2.47. The second-order valence-corrected chi connectivity index (χ2v) is 9.44. The molecule has 0 unspecified atom stereocenters. The molecule has 0 radical (unpaired) electrons. The molecule has 3 aromatic rings. The first-order valence-electron chi connectivity index (χ1n) is 11.7. The van der Waals surface area contributed by atoms with Crippen LogP contribution in [0.25, 0.3) is 16.9 Å². The van der Waals surface area contributed by atoms with Crippen LogP contribution in [0.2, 0.25) is 0 Å². The van der Waals surface area contributed by atoms with Crippen molar-refractivity contribution in [2.45, 2.75) is 51.7 Å². The molecule has 0 saturated carbocycles. The average molecular weight is 487 g/mol. The Morgan fingerprint density at radius 1 is 1.31 bits per heavy atom. The number of aromatic nitrogens is 4. The van der Waals surface area contributed by atoms with Gasteiger partial charge in [0.15, 0.2) is 11.6 Å². The van der Waals surface area contributed by atoms with E-state index in [9.17, 15) is 4.79 Å². The van der Waals surface area contributed by atoms with E-state index in [-0.39, 0.29) is 36.8 Å². The van der Waals surface area contributed by atoms with E-state index in [1.54, 1.807) is 21.8 Å². The van der Waals surface area contributed by atoms with Crippen molar-refractivity contribution in [2.75, 3.05) is 31.6 Å². The van der Waals surface area contributed by atoms with Crippen molar-refractivity contribution < 1.29 is 23.8 Å². The number of fused-ring (bicyclic) bond motifs is 1. The van der Waals surface area contributed by atoms with Gasteiger partial charge in [-0.15, -0.1) is 0 Å². The molecule has 0 aromatic carbocycles. The van der Waals surface area contributed by atoms with Gasteiger partial charge in [-0.25, -0.2) is 14.3 Å². The van der Waals surface area contributed by atoms with Gasteiger partial charge < -0.3 is 24.8 Å². The number of nitrogens with zero attached hydrogens (tertiary/aromatic N) is 5. The molecule has 4 rings (SSSR count). The lowest BCUT2D eigenvalue weighted by atomic mass is 10.1. The van der Waals surface area contributed by atoms with Gasteiger partial charge in [0, 0.05) is 38.4 Å². The number of piperidine rings is 1. The number of hydrogen-bond donors (Lipinski definition) is 2. The third kappa shape index (κ3) is 5.97. The van der Waals surface area contributed by atoms with Gasteiger partial charge in [-0.3, -0.25) is 0 Å². The Morgan fingerprint density at radius 2 is 2.14 bits per heavy atom. The van der Waals surface area contributed by atoms with E-state index in [2.05, 4.69) is 20.4 Å². The normalized spacial score (nSPS) is 16.4. The number of carbonyl (C=O) groups is 1. The predicted octanol–water partition coefficient (Wildman–Crippen LogP) is 3.50. The Bertz CT molecular complexity index is 1180. The highest BCUT2D eigenvalue weighted by molar-refractivity contribution is 5.76. The largest absolute Gasteiger partial charge is 0.475 e. The first-order chi connectivity index (χ1) is 16.7. The van der Waals surface area contributed by atoms with Gasteiger partial charge in [-0.1, -0.05) is 6.07 Å². The summed E-state index contributed by atoms with van der Waals surface area (Å²) in [6, 6.07) is 5.36. The van der Waals surface area contributed by atoms with Gasteiger partial charge >= 0.3 is 6.09 Å². The molecular weight excluding hydrogens is 455 g/mol. The highest BCUT2D eigenvalue weighted by Gasteiger charge is 2.29. The summed E-state index contributed by atoms with van der Waals surface area (Å²) in [5.41, 5.74) is 0.792. The number of anilines is 1. The maximum absolute atomic E-state index is 15.4. The van der Waals surface area contributed by atoms with Crippen molar-refractivity contribution in [3.63, 3.8) is 0 Å². The lowest BCUT2D eigenvalue weighted by Gasteiger charge is -2.34. The van der Waals surface area contributed by atoms with Crippen LogP contribution < -0.4 is 10.1 Å². The molecule has 4 heterocycles. The summed E-state index contributed by atoms with van der Waals surface area (Å²) >= 11 is 0. The Balaban J connectivity index is 1.61. The van der Waals surface area contributed by atoms with Crippen LogP contribution in [0, 0.1) is 5.82 Å². The third-order valence-electron chi connectivity index (χ3n) is 5.44. The number of nitrogens with one attached hydrogen (secondary N) is 1. The number of halogens is 1. The smallest absolute Gasteiger partial charge is 0.410 e. The van der Waals surface area contributed by atoms with Crippen LogP contribution in [0.3, 0.4) is 0 Å². The van der Waals surface area contributed by atoms with E-state index >= 15 is 4.39 Å². The molecule has 2 N–H and O–H groups in total. The van der Waals surface area contributed by atoms with E-state index in [1.807, 2.05) is 39.0 Å². The molecule has 10 nitrogen and oxygen atoms in total. The van der Waals surface area contributed by atoms with Crippen molar-refractivity contribution in [3.05, 3.63) is 36.4 Å². The lowest BCUT2D eigenvalue weighted by molar-refractivity contribution is 0.0206. The van der Waals surface area contributed by atoms with Gasteiger partial charge in [0.25, 0.3) is 5.88 Å². The number of ether oxygens (including phenoxy) is 2. The topological polar surface area (TPSA) is 114 Å². The number of pyridine rings is 1. The van der Waals surface area contributed by atoms with E-state index in [0.29, 0.717) is 25.1 Å². The fourth-order valence-corrected chi connectivity index (χ4v) is 3.86. The molecule has 1 fully saturated rings. The van der Waals surface area contributed by atoms with Crippen molar-refractivity contribution >= 4 is 17.4 Å². The summed E-state index contributed by atoms with van der Waals surface area (Å²) < 4.78 is 28.1. The molecule has 1 aliphatic rings. The number of aliphatic hydroxyl groups is 1. The van der Waals surface area contributed by atoms with Gasteiger partial charge in [0.1, 0.15) is 5.60 Å². The molecule has 3 aromatic heterocycles. The van der Waals surface area contributed by atoms with E-state index < -0.39 is 17.5 Å². The van der Waals surface area contributed by atoms with Crippen LogP contribution in [-0.4, -0.2) is 73.6 Å². The van der Waals surface area contributed by atoms with Gasteiger partial charge in [-0.05, 0) is 45.7 Å². The summed E-state index contributed by atoms with van der Waals surface area (Å²) in [6.45, 7) is 6.41. The van der Waals surface area contributed by atoms with E-state index in [4.69, 9.17) is 14.6 Å². The predicted molar refractivity (Wildman–Crippen MR) is 128 cm³/mol. The molecule has 0 aliphatic carbocycles. The highest BCUT2D eigenvalue weighted by Crippen LogP contribution is 2.29. The van der Waals surface area contributed by atoms with Crippen LogP contribution >= 0.6 is 0 Å². The SMILES string of the molecule is CC(C)(C)OC(=O)N1CCC[C@@H](Nc2nc(-c3cnn4ccccc34)nc(OCCCO)c2F)C1. The number of carbonyl (C=O) groups excluding carboxylic acids is 1. The van der Waals surface area contributed by atoms with Gasteiger partial charge in [-0.2, -0.15) is 14.5 Å². The summed E-state index contributed by atoms with van der Waals surface area (Å²) in [6.07, 6.45) is 4.83. The van der Waals surface area contributed by atoms with Crippen molar-refractivity contribution in [3.8, 4) is 17.3 Å². The van der Waals surface area contributed by atoms with Gasteiger partial charge in [0.2, 0.25) is 5.82 Å². The molecule has 0 bridgehead atoms. The first-order valence-corrected chi connectivity index (χ1v) is 11.7. The average Bonchev–Trinajstić information content (AvgIpc) is 3.25. The number of amides is 1. The fraction of sp³-hybridized carbons (Fsp3) is 0.500. The zero-order chi connectivity index (χ0) is 25.0. The third-order valence-corrected chi connectivity index (χ3v) is 5.44. The quantitative estimate of drug-likeness (QED) is 0.488. The Hall–Kier alpha value is -3.47. The van der Waals surface area contributed by atoms with Crippen LogP contribution in [0.15, 0.2) is 30.6 Å². The standard InChI is InChI=1S/C24H31FN6O4/c1-24(2,3)35-23(33)30-10-6-8-16(15-30)27-21-19(25)22(34-13-7-12-32)29-20(28-21)17-14-26-31-11-5-4-9-18(17)31/h4-5,9,11,14,16,32H,6-8,10,12-13,15H2,1-3H3,(H,27,28,29)/t16-/m1/s1. The second-order valence-electron chi connectivity index (χ2n) is 9.44. The van der Waals surface area contributed by atoms with Crippen molar-refractivity contribution in [1.82, 2.24) is 24.5 Å². The van der Waals surface area contributed by atoms with E-state index in [1.165, 1.54) is 0 Å². The Morgan fingerprint density at radius 3 is 2.91 bits per heavy atom. The minimum atomic E-state index is -0.724. The Labute approximate surface area is 203 Å². The molecule has 1 atom stereocenters. The second kappa shape index (κ2) is 10.4.